The monoisotopic (exact) mass is 376 g/mol. The number of anilines is 1. The van der Waals surface area contributed by atoms with E-state index >= 15 is 0 Å². The molecule has 0 aliphatic rings. The number of carbonyl (C=O) groups excluding carboxylic acids is 1. The molecule has 5 heteroatoms. The Morgan fingerprint density at radius 3 is 2.70 bits per heavy atom. The number of fused-ring (bicyclic) bond motifs is 1. The van der Waals surface area contributed by atoms with Crippen molar-refractivity contribution in [2.24, 2.45) is 0 Å². The normalized spacial score (nSPS) is 10.9. The second kappa shape index (κ2) is 7.25. The second-order valence-electron chi connectivity index (χ2n) is 6.42. The van der Waals surface area contributed by atoms with Gasteiger partial charge in [-0.15, -0.1) is 0 Å². The molecule has 0 fully saturated rings. The Morgan fingerprint density at radius 1 is 1.07 bits per heavy atom. The van der Waals surface area contributed by atoms with Crippen LogP contribution < -0.4 is 5.32 Å². The number of nitrogens with zero attached hydrogens (tertiary/aromatic N) is 1. The number of benzene rings is 3. The predicted molar refractivity (Wildman–Crippen MR) is 108 cm³/mol. The lowest BCUT2D eigenvalue weighted by molar-refractivity contribution is -0.115. The van der Waals surface area contributed by atoms with Gasteiger partial charge in [-0.3, -0.25) is 4.79 Å². The molecule has 1 amide bonds. The van der Waals surface area contributed by atoms with Crippen LogP contribution in [0.15, 0.2) is 71.1 Å². The van der Waals surface area contributed by atoms with Crippen molar-refractivity contribution < 1.29 is 9.21 Å². The zero-order valence-electron chi connectivity index (χ0n) is 14.7. The van der Waals surface area contributed by atoms with Gasteiger partial charge in [0, 0.05) is 16.3 Å². The van der Waals surface area contributed by atoms with Crippen LogP contribution in [0.5, 0.6) is 0 Å². The fraction of sp³-hybridized carbons (Fsp3) is 0.0909. The third-order valence-electron chi connectivity index (χ3n) is 4.22. The molecule has 0 spiro atoms. The van der Waals surface area contributed by atoms with Crippen LogP contribution in [-0.4, -0.2) is 10.9 Å². The van der Waals surface area contributed by atoms with Gasteiger partial charge in [0.2, 0.25) is 11.8 Å². The number of aryl methyl sites for hydroxylation is 1. The fourth-order valence-electron chi connectivity index (χ4n) is 2.88. The summed E-state index contributed by atoms with van der Waals surface area (Å²) in [4.78, 5) is 16.8. The van der Waals surface area contributed by atoms with E-state index in [1.165, 1.54) is 0 Å². The smallest absolute Gasteiger partial charge is 0.228 e. The van der Waals surface area contributed by atoms with Crippen molar-refractivity contribution in [2.45, 2.75) is 13.3 Å². The largest absolute Gasteiger partial charge is 0.436 e. The first kappa shape index (κ1) is 17.3. The Labute approximate surface area is 161 Å². The predicted octanol–water partition coefficient (Wildman–Crippen LogP) is 5.64. The van der Waals surface area contributed by atoms with Crippen molar-refractivity contribution in [2.75, 3.05) is 5.32 Å². The number of amides is 1. The van der Waals surface area contributed by atoms with Gasteiger partial charge in [0.25, 0.3) is 0 Å². The Balaban J connectivity index is 1.52. The zero-order chi connectivity index (χ0) is 18.8. The van der Waals surface area contributed by atoms with Gasteiger partial charge in [0.05, 0.1) is 6.42 Å². The topological polar surface area (TPSA) is 55.1 Å². The van der Waals surface area contributed by atoms with Crippen molar-refractivity contribution in [3.63, 3.8) is 0 Å². The van der Waals surface area contributed by atoms with Crippen molar-refractivity contribution >= 4 is 34.3 Å². The van der Waals surface area contributed by atoms with Crippen molar-refractivity contribution in [1.82, 2.24) is 4.98 Å². The summed E-state index contributed by atoms with van der Waals surface area (Å²) in [6, 6.07) is 20.6. The molecule has 4 nitrogen and oxygen atoms in total. The standard InChI is InChI=1S/C22H17ClN2O2/c1-14-5-10-19-20(11-14)27-22(25-19)16-3-2-4-18(13-16)24-21(26)12-15-6-8-17(23)9-7-15/h2-11,13H,12H2,1H3,(H,24,26). The molecule has 0 radical (unpaired) electrons. The van der Waals surface area contributed by atoms with E-state index in [9.17, 15) is 4.79 Å². The van der Waals surface area contributed by atoms with Gasteiger partial charge in [-0.1, -0.05) is 35.9 Å². The van der Waals surface area contributed by atoms with Crippen molar-refractivity contribution in [1.29, 1.82) is 0 Å². The van der Waals surface area contributed by atoms with Crippen LogP contribution in [-0.2, 0) is 11.2 Å². The molecule has 0 aliphatic heterocycles. The van der Waals surface area contributed by atoms with E-state index in [4.69, 9.17) is 16.0 Å². The quantitative estimate of drug-likeness (QED) is 0.501. The fourth-order valence-corrected chi connectivity index (χ4v) is 3.00. The van der Waals surface area contributed by atoms with Crippen LogP contribution >= 0.6 is 11.6 Å². The first-order valence-corrected chi connectivity index (χ1v) is 8.96. The summed E-state index contributed by atoms with van der Waals surface area (Å²) >= 11 is 5.88. The van der Waals surface area contributed by atoms with Crippen LogP contribution in [0.4, 0.5) is 5.69 Å². The molecule has 1 aromatic heterocycles. The van der Waals surface area contributed by atoms with Gasteiger partial charge in [-0.2, -0.15) is 0 Å². The number of hydrogen-bond donors (Lipinski definition) is 1. The van der Waals surface area contributed by atoms with E-state index in [0.29, 0.717) is 16.6 Å². The molecule has 27 heavy (non-hydrogen) atoms. The van der Waals surface area contributed by atoms with E-state index in [-0.39, 0.29) is 12.3 Å². The van der Waals surface area contributed by atoms with Crippen LogP contribution in [0.1, 0.15) is 11.1 Å². The van der Waals surface area contributed by atoms with Crippen LogP contribution in [0, 0.1) is 6.92 Å². The molecule has 4 rings (SSSR count). The minimum absolute atomic E-state index is 0.0948. The Kier molecular flexibility index (Phi) is 4.65. The lowest BCUT2D eigenvalue weighted by Gasteiger charge is -2.06. The Bertz CT molecular complexity index is 1120. The first-order chi connectivity index (χ1) is 13.1. The summed E-state index contributed by atoms with van der Waals surface area (Å²) in [5.41, 5.74) is 5.10. The molecule has 0 bridgehead atoms. The van der Waals surface area contributed by atoms with E-state index in [1.54, 1.807) is 12.1 Å². The Morgan fingerprint density at radius 2 is 1.89 bits per heavy atom. The lowest BCUT2D eigenvalue weighted by Crippen LogP contribution is -2.14. The maximum absolute atomic E-state index is 12.3. The summed E-state index contributed by atoms with van der Waals surface area (Å²) in [6.45, 7) is 2.01. The second-order valence-corrected chi connectivity index (χ2v) is 6.86. The molecule has 1 N–H and O–H groups in total. The summed E-state index contributed by atoms with van der Waals surface area (Å²) in [6.07, 6.45) is 0.281. The average molecular weight is 377 g/mol. The molecule has 0 saturated heterocycles. The number of carbonyl (C=O) groups is 1. The lowest BCUT2D eigenvalue weighted by atomic mass is 10.1. The first-order valence-electron chi connectivity index (χ1n) is 8.59. The highest BCUT2D eigenvalue weighted by atomic mass is 35.5. The average Bonchev–Trinajstić information content (AvgIpc) is 3.07. The van der Waals surface area contributed by atoms with Gasteiger partial charge < -0.3 is 9.73 Å². The summed E-state index contributed by atoms with van der Waals surface area (Å²) < 4.78 is 5.87. The van der Waals surface area contributed by atoms with E-state index in [2.05, 4.69) is 10.3 Å². The molecule has 0 atom stereocenters. The number of rotatable bonds is 4. The summed E-state index contributed by atoms with van der Waals surface area (Å²) in [7, 11) is 0. The third-order valence-corrected chi connectivity index (χ3v) is 4.47. The van der Waals surface area contributed by atoms with Gasteiger partial charge >= 0.3 is 0 Å². The molecule has 0 saturated carbocycles. The SMILES string of the molecule is Cc1ccc2nc(-c3cccc(NC(=O)Cc4ccc(Cl)cc4)c3)oc2c1. The van der Waals surface area contributed by atoms with Crippen LogP contribution in [0.3, 0.4) is 0 Å². The molecule has 1 heterocycles. The number of nitrogens with one attached hydrogen (secondary N) is 1. The molecule has 134 valence electrons. The highest BCUT2D eigenvalue weighted by Crippen LogP contribution is 2.26. The van der Waals surface area contributed by atoms with E-state index in [0.717, 1.165) is 27.8 Å². The number of halogens is 1. The van der Waals surface area contributed by atoms with Crippen LogP contribution in [0.25, 0.3) is 22.6 Å². The van der Waals surface area contributed by atoms with Gasteiger partial charge in [0.15, 0.2) is 5.58 Å². The molecule has 3 aromatic carbocycles. The molecule has 0 unspecified atom stereocenters. The Hall–Kier alpha value is -3.11. The van der Waals surface area contributed by atoms with Gasteiger partial charge in [-0.05, 0) is 60.5 Å². The maximum atomic E-state index is 12.3. The molecule has 4 aromatic rings. The van der Waals surface area contributed by atoms with Crippen molar-refractivity contribution in [3.8, 4) is 11.5 Å². The third kappa shape index (κ3) is 4.01. The number of aromatic nitrogens is 1. The number of oxazole rings is 1. The highest BCUT2D eigenvalue weighted by molar-refractivity contribution is 6.30. The van der Waals surface area contributed by atoms with Gasteiger partial charge in [0.1, 0.15) is 5.52 Å². The summed E-state index contributed by atoms with van der Waals surface area (Å²) in [5.74, 6) is 0.437. The van der Waals surface area contributed by atoms with Crippen molar-refractivity contribution in [3.05, 3.63) is 82.9 Å². The molecular formula is C22H17ClN2O2. The van der Waals surface area contributed by atoms with E-state index in [1.807, 2.05) is 61.5 Å². The molecule has 0 aliphatic carbocycles. The minimum Gasteiger partial charge on any atom is -0.436 e. The van der Waals surface area contributed by atoms with Gasteiger partial charge in [-0.25, -0.2) is 4.98 Å². The van der Waals surface area contributed by atoms with E-state index < -0.39 is 0 Å². The highest BCUT2D eigenvalue weighted by Gasteiger charge is 2.10. The number of hydrogen-bond acceptors (Lipinski definition) is 3. The maximum Gasteiger partial charge on any atom is 0.228 e. The molecular weight excluding hydrogens is 360 g/mol. The zero-order valence-corrected chi connectivity index (χ0v) is 15.5. The minimum atomic E-state index is -0.0948. The summed E-state index contributed by atoms with van der Waals surface area (Å²) in [5, 5.41) is 3.57. The van der Waals surface area contributed by atoms with Crippen LogP contribution in [0.2, 0.25) is 5.02 Å².